The Kier molecular flexibility index (Phi) is 11.6. The van der Waals surface area contributed by atoms with Gasteiger partial charge in [-0.05, 0) is 0 Å². The molecule has 22 heavy (non-hydrogen) atoms. The van der Waals surface area contributed by atoms with Crippen molar-refractivity contribution < 1.29 is 33.3 Å². The number of rotatable bonds is 11. The largest absolute Gasteiger partial charge is 0.464 e. The highest BCUT2D eigenvalue weighted by atomic mass is 32.1. The maximum atomic E-state index is 11.3. The average Bonchev–Trinajstić information content (AvgIpc) is 2.54. The van der Waals surface area contributed by atoms with Gasteiger partial charge in [0, 0.05) is 7.11 Å². The highest BCUT2D eigenvalue weighted by Gasteiger charge is 2.36. The topological polar surface area (TPSA) is 88.1 Å². The van der Waals surface area contributed by atoms with Gasteiger partial charge in [0.25, 0.3) is 0 Å². The summed E-state index contributed by atoms with van der Waals surface area (Å²) in [4.78, 5) is 33.8. The van der Waals surface area contributed by atoms with E-state index >= 15 is 0 Å². The molecule has 0 radical (unpaired) electrons. The molecule has 0 rings (SSSR count). The van der Waals surface area contributed by atoms with E-state index in [-0.39, 0.29) is 43.7 Å². The molecule has 0 aromatic heterocycles. The van der Waals surface area contributed by atoms with E-state index in [1.807, 2.05) is 0 Å². The Bertz CT molecular complexity index is 325. The molecule has 128 valence electrons. The molecule has 0 aromatic rings. The van der Waals surface area contributed by atoms with Crippen LogP contribution in [0.25, 0.3) is 0 Å². The van der Waals surface area contributed by atoms with Crippen molar-refractivity contribution in [3.05, 3.63) is 0 Å². The first kappa shape index (κ1) is 21.4. The predicted molar refractivity (Wildman–Crippen MR) is 88.7 cm³/mol. The second-order valence-corrected chi connectivity index (χ2v) is 5.34. The molecule has 7 nitrogen and oxygen atoms in total. The first-order valence-corrected chi connectivity index (χ1v) is 8.11. The van der Waals surface area contributed by atoms with Gasteiger partial charge in [-0.3, -0.25) is 14.4 Å². The van der Waals surface area contributed by atoms with Crippen LogP contribution in [0.3, 0.4) is 0 Å². The van der Waals surface area contributed by atoms with Gasteiger partial charge in [0.05, 0.1) is 29.3 Å². The minimum Gasteiger partial charge on any atom is -0.464 e. The van der Waals surface area contributed by atoms with Crippen molar-refractivity contribution in [3.8, 4) is 0 Å². The van der Waals surface area contributed by atoms with Crippen LogP contribution in [0.2, 0.25) is 0 Å². The van der Waals surface area contributed by atoms with Gasteiger partial charge in [-0.1, -0.05) is 0 Å². The van der Waals surface area contributed by atoms with Crippen LogP contribution in [0.4, 0.5) is 0 Å². The summed E-state index contributed by atoms with van der Waals surface area (Å²) in [6, 6.07) is 0. The van der Waals surface area contributed by atoms with E-state index in [0.717, 1.165) is 0 Å². The fraction of sp³-hybridized carbons (Fsp3) is 0.750. The zero-order chi connectivity index (χ0) is 17.0. The van der Waals surface area contributed by atoms with E-state index < -0.39 is 23.3 Å². The number of esters is 3. The third kappa shape index (κ3) is 8.76. The molecule has 0 aromatic carbocycles. The van der Waals surface area contributed by atoms with Crippen LogP contribution >= 0.6 is 37.9 Å². The second-order valence-electron chi connectivity index (χ2n) is 4.39. The van der Waals surface area contributed by atoms with Gasteiger partial charge in [0.2, 0.25) is 0 Å². The van der Waals surface area contributed by atoms with E-state index in [1.165, 1.54) is 7.11 Å². The lowest BCUT2D eigenvalue weighted by Crippen LogP contribution is -2.43. The summed E-state index contributed by atoms with van der Waals surface area (Å²) in [6.07, 6.45) is 0. The summed E-state index contributed by atoms with van der Waals surface area (Å²) in [5.74, 6) is -1.96. The van der Waals surface area contributed by atoms with E-state index in [4.69, 9.17) is 18.9 Å². The molecule has 0 N–H and O–H groups in total. The SMILES string of the molecule is COCC(COC(=O)CS)(COC(=O)CS)COC(=O)CS. The Morgan fingerprint density at radius 2 is 1.05 bits per heavy atom. The minimum absolute atomic E-state index is 0.0482. The minimum atomic E-state index is -1.01. The Labute approximate surface area is 145 Å². The number of methoxy groups -OCH3 is 1. The molecule has 0 saturated heterocycles. The quantitative estimate of drug-likeness (QED) is 0.268. The van der Waals surface area contributed by atoms with Gasteiger partial charge in [-0.2, -0.15) is 37.9 Å². The van der Waals surface area contributed by atoms with Crippen LogP contribution in [0.1, 0.15) is 0 Å². The number of carbonyl (C=O) groups is 3. The van der Waals surface area contributed by atoms with Crippen LogP contribution < -0.4 is 0 Å². The van der Waals surface area contributed by atoms with Crippen LogP contribution in [0.15, 0.2) is 0 Å². The Hall–Kier alpha value is -0.580. The first-order chi connectivity index (χ1) is 10.4. The zero-order valence-corrected chi connectivity index (χ0v) is 14.8. The van der Waals surface area contributed by atoms with Gasteiger partial charge in [0.15, 0.2) is 0 Å². The van der Waals surface area contributed by atoms with Gasteiger partial charge in [-0.25, -0.2) is 0 Å². The Morgan fingerprint density at radius 3 is 1.27 bits per heavy atom. The maximum Gasteiger partial charge on any atom is 0.315 e. The van der Waals surface area contributed by atoms with Crippen molar-refractivity contribution in [2.45, 2.75) is 0 Å². The normalized spacial score (nSPS) is 10.9. The molecule has 0 aliphatic rings. The van der Waals surface area contributed by atoms with Crippen molar-refractivity contribution in [3.63, 3.8) is 0 Å². The van der Waals surface area contributed by atoms with Crippen molar-refractivity contribution in [1.29, 1.82) is 0 Å². The summed E-state index contributed by atoms with van der Waals surface area (Å²) >= 11 is 11.4. The highest BCUT2D eigenvalue weighted by molar-refractivity contribution is 7.81. The molecule has 0 heterocycles. The molecule has 0 aliphatic carbocycles. The summed E-state index contributed by atoms with van der Waals surface area (Å²) in [5, 5.41) is 0. The number of thiol groups is 3. The molecule has 0 bridgehead atoms. The third-order valence-corrected chi connectivity index (χ3v) is 3.23. The standard InChI is InChI=1S/C12H20O7S3/c1-16-5-12(6-17-9(13)2-20,7-18-10(14)3-21)8-19-11(15)4-22/h20-22H,2-8H2,1H3. The number of hydrogen-bond donors (Lipinski definition) is 3. The first-order valence-electron chi connectivity index (χ1n) is 6.21. The van der Waals surface area contributed by atoms with Crippen LogP contribution in [0.5, 0.6) is 0 Å². The number of ether oxygens (including phenoxy) is 4. The zero-order valence-electron chi connectivity index (χ0n) is 12.1. The van der Waals surface area contributed by atoms with E-state index in [0.29, 0.717) is 0 Å². The highest BCUT2D eigenvalue weighted by Crippen LogP contribution is 2.21. The summed E-state index contributed by atoms with van der Waals surface area (Å²) < 4.78 is 20.1. The fourth-order valence-electron chi connectivity index (χ4n) is 1.39. The predicted octanol–water partition coefficient (Wildman–Crippen LogP) is 0.0382. The third-order valence-electron chi connectivity index (χ3n) is 2.46. The molecule has 10 heteroatoms. The van der Waals surface area contributed by atoms with Gasteiger partial charge < -0.3 is 18.9 Å². The summed E-state index contributed by atoms with van der Waals surface area (Å²) in [5.41, 5.74) is -1.01. The second kappa shape index (κ2) is 11.9. The van der Waals surface area contributed by atoms with Crippen molar-refractivity contribution in [2.24, 2.45) is 5.41 Å². The molecule has 0 unspecified atom stereocenters. The monoisotopic (exact) mass is 372 g/mol. The molecule has 0 saturated carbocycles. The average molecular weight is 372 g/mol. The smallest absolute Gasteiger partial charge is 0.315 e. The van der Waals surface area contributed by atoms with E-state index in [2.05, 4.69) is 37.9 Å². The van der Waals surface area contributed by atoms with Gasteiger partial charge in [0.1, 0.15) is 19.8 Å². The maximum absolute atomic E-state index is 11.3. The molecular formula is C12H20O7S3. The summed E-state index contributed by atoms with van der Waals surface area (Å²) in [6.45, 7) is -0.410. The lowest BCUT2D eigenvalue weighted by molar-refractivity contribution is -0.162. The van der Waals surface area contributed by atoms with Crippen LogP contribution in [0, 0.1) is 5.41 Å². The molecule has 0 fully saturated rings. The van der Waals surface area contributed by atoms with E-state index in [1.54, 1.807) is 0 Å². The summed E-state index contributed by atoms with van der Waals surface area (Å²) in [7, 11) is 1.43. The van der Waals surface area contributed by atoms with Gasteiger partial charge >= 0.3 is 17.9 Å². The number of hydrogen-bond acceptors (Lipinski definition) is 10. The van der Waals surface area contributed by atoms with Crippen molar-refractivity contribution >= 4 is 55.8 Å². The van der Waals surface area contributed by atoms with Crippen molar-refractivity contribution in [2.75, 3.05) is 50.8 Å². The molecule has 0 atom stereocenters. The fourth-order valence-corrected chi connectivity index (χ4v) is 1.67. The Morgan fingerprint density at radius 1 is 0.727 bits per heavy atom. The lowest BCUT2D eigenvalue weighted by atomic mass is 9.92. The molecular weight excluding hydrogens is 352 g/mol. The Balaban J connectivity index is 4.92. The van der Waals surface area contributed by atoms with Crippen LogP contribution in [-0.4, -0.2) is 68.7 Å². The van der Waals surface area contributed by atoms with Crippen molar-refractivity contribution in [1.82, 2.24) is 0 Å². The number of carbonyl (C=O) groups excluding carboxylic acids is 3. The molecule has 0 aliphatic heterocycles. The van der Waals surface area contributed by atoms with Gasteiger partial charge in [-0.15, -0.1) is 0 Å². The lowest BCUT2D eigenvalue weighted by Gasteiger charge is -2.31. The molecule has 0 spiro atoms. The van der Waals surface area contributed by atoms with Crippen LogP contribution in [-0.2, 0) is 33.3 Å². The molecule has 0 amide bonds. The van der Waals surface area contributed by atoms with E-state index in [9.17, 15) is 14.4 Å².